The summed E-state index contributed by atoms with van der Waals surface area (Å²) >= 11 is 8.71. The molecule has 0 aliphatic rings. The summed E-state index contributed by atoms with van der Waals surface area (Å²) in [4.78, 5) is 0. The Hall–Kier alpha value is 0.320. The van der Waals surface area contributed by atoms with E-state index >= 15 is 0 Å². The van der Waals surface area contributed by atoms with E-state index < -0.39 is 6.10 Å². The smallest absolute Gasteiger partial charge is 0.0895 e. The molecule has 0 rings (SSSR count). The number of nitrogens with one attached hydrogen (secondary N) is 1. The summed E-state index contributed by atoms with van der Waals surface area (Å²) in [5.74, 6) is 0. The van der Waals surface area contributed by atoms with E-state index in [0.29, 0.717) is 10.7 Å². The lowest BCUT2D eigenvalue weighted by atomic mass is 10.3. The van der Waals surface area contributed by atoms with Gasteiger partial charge in [-0.3, -0.25) is 0 Å². The largest absolute Gasteiger partial charge is 0.394 e. The highest BCUT2D eigenvalue weighted by Gasteiger charge is 2.06. The van der Waals surface area contributed by atoms with Crippen molar-refractivity contribution < 1.29 is 10.2 Å². The maximum Gasteiger partial charge on any atom is 0.0895 e. The fourth-order valence-electron chi connectivity index (χ4n) is 0.465. The van der Waals surface area contributed by atoms with Gasteiger partial charge in [-0.25, -0.2) is 0 Å². The minimum atomic E-state index is -0.722. The SMILES string of the molecule is CC(NCC(O)CO)C(=S)S. The van der Waals surface area contributed by atoms with Crippen LogP contribution in [0, 0.1) is 0 Å². The molecule has 0 aliphatic heterocycles. The van der Waals surface area contributed by atoms with E-state index in [1.165, 1.54) is 0 Å². The second-order valence-corrected chi connectivity index (χ2v) is 3.53. The van der Waals surface area contributed by atoms with Crippen molar-refractivity contribution >= 4 is 29.0 Å². The molecule has 2 atom stereocenters. The summed E-state index contributed by atoms with van der Waals surface area (Å²) in [5.41, 5.74) is 0. The van der Waals surface area contributed by atoms with Crippen LogP contribution in [0.15, 0.2) is 0 Å². The Morgan fingerprint density at radius 2 is 2.27 bits per heavy atom. The van der Waals surface area contributed by atoms with Crippen LogP contribution in [0.2, 0.25) is 0 Å². The van der Waals surface area contributed by atoms with Gasteiger partial charge in [0.1, 0.15) is 0 Å². The van der Waals surface area contributed by atoms with Crippen LogP contribution >= 0.6 is 24.8 Å². The minimum absolute atomic E-state index is 0.0190. The first kappa shape index (κ1) is 11.3. The van der Waals surface area contributed by atoms with E-state index in [1.807, 2.05) is 6.92 Å². The molecule has 0 aromatic carbocycles. The molecular weight excluding hydrogens is 182 g/mol. The summed E-state index contributed by atoms with van der Waals surface area (Å²) in [5, 5.41) is 20.3. The van der Waals surface area contributed by atoms with Gasteiger partial charge in [0, 0.05) is 12.6 Å². The Bertz CT molecular complexity index is 132. The van der Waals surface area contributed by atoms with E-state index in [-0.39, 0.29) is 12.6 Å². The first-order valence-electron chi connectivity index (χ1n) is 3.33. The average molecular weight is 195 g/mol. The summed E-state index contributed by atoms with van der Waals surface area (Å²) in [6.07, 6.45) is -0.722. The fourth-order valence-corrected chi connectivity index (χ4v) is 0.639. The molecule has 11 heavy (non-hydrogen) atoms. The maximum absolute atomic E-state index is 8.91. The van der Waals surface area contributed by atoms with E-state index in [9.17, 15) is 0 Å². The molecular formula is C6H13NO2S2. The van der Waals surface area contributed by atoms with Crippen LogP contribution in [0.3, 0.4) is 0 Å². The Kier molecular flexibility index (Phi) is 6.08. The van der Waals surface area contributed by atoms with Gasteiger partial charge in [-0.15, -0.1) is 12.6 Å². The predicted octanol–water partition coefficient (Wildman–Crippen LogP) is -0.425. The fraction of sp³-hybridized carbons (Fsp3) is 0.833. The van der Waals surface area contributed by atoms with Gasteiger partial charge in [-0.05, 0) is 6.92 Å². The van der Waals surface area contributed by atoms with Crippen LogP contribution in [0.1, 0.15) is 6.92 Å². The van der Waals surface area contributed by atoms with Crippen molar-refractivity contribution in [2.24, 2.45) is 0 Å². The summed E-state index contributed by atoms with van der Waals surface area (Å²) in [7, 11) is 0. The number of rotatable bonds is 5. The Labute approximate surface area is 77.2 Å². The van der Waals surface area contributed by atoms with Gasteiger partial charge in [-0.1, -0.05) is 12.2 Å². The molecule has 0 spiro atoms. The standard InChI is InChI=1S/C6H13NO2S2/c1-4(6(10)11)7-2-5(9)3-8/h4-5,7-9H,2-3H2,1H3,(H,10,11). The first-order valence-corrected chi connectivity index (χ1v) is 4.18. The third-order valence-corrected chi connectivity index (χ3v) is 1.98. The Balaban J connectivity index is 3.45. The van der Waals surface area contributed by atoms with E-state index in [0.717, 1.165) is 0 Å². The summed E-state index contributed by atoms with van der Waals surface area (Å²) in [6.45, 7) is 1.94. The molecule has 3 nitrogen and oxygen atoms in total. The van der Waals surface area contributed by atoms with E-state index in [4.69, 9.17) is 22.4 Å². The molecule has 0 amide bonds. The average Bonchev–Trinajstić information content (AvgIpc) is 1.99. The molecule has 0 saturated carbocycles. The highest BCUT2D eigenvalue weighted by molar-refractivity contribution is 8.11. The van der Waals surface area contributed by atoms with Crippen LogP contribution in [-0.4, -0.2) is 39.7 Å². The molecule has 0 heterocycles. The van der Waals surface area contributed by atoms with Gasteiger partial charge >= 0.3 is 0 Å². The molecule has 66 valence electrons. The normalized spacial score (nSPS) is 16.0. The molecule has 0 radical (unpaired) electrons. The monoisotopic (exact) mass is 195 g/mol. The van der Waals surface area contributed by atoms with Gasteiger partial charge in [-0.2, -0.15) is 0 Å². The topological polar surface area (TPSA) is 52.5 Å². The van der Waals surface area contributed by atoms with Crippen molar-refractivity contribution in [1.82, 2.24) is 5.32 Å². The molecule has 0 saturated heterocycles. The second kappa shape index (κ2) is 5.91. The van der Waals surface area contributed by atoms with E-state index in [1.54, 1.807) is 0 Å². The quantitative estimate of drug-likeness (QED) is 0.355. The van der Waals surface area contributed by atoms with Gasteiger partial charge in [0.25, 0.3) is 0 Å². The molecule has 0 aromatic rings. The first-order chi connectivity index (χ1) is 5.07. The molecule has 0 fully saturated rings. The molecule has 2 unspecified atom stereocenters. The molecule has 3 N–H and O–H groups in total. The van der Waals surface area contributed by atoms with Crippen molar-refractivity contribution in [2.75, 3.05) is 13.2 Å². The highest BCUT2D eigenvalue weighted by atomic mass is 32.1. The number of hydrogen-bond donors (Lipinski definition) is 4. The third-order valence-electron chi connectivity index (χ3n) is 1.24. The Morgan fingerprint density at radius 1 is 1.73 bits per heavy atom. The zero-order chi connectivity index (χ0) is 8.85. The lowest BCUT2D eigenvalue weighted by Gasteiger charge is -2.13. The highest BCUT2D eigenvalue weighted by Crippen LogP contribution is 1.92. The number of thiocarbonyl (C=S) groups is 1. The zero-order valence-corrected chi connectivity index (χ0v) is 8.03. The molecule has 0 aromatic heterocycles. The van der Waals surface area contributed by atoms with Crippen molar-refractivity contribution in [3.05, 3.63) is 0 Å². The van der Waals surface area contributed by atoms with Gasteiger partial charge < -0.3 is 15.5 Å². The number of hydrogen-bond acceptors (Lipinski definition) is 4. The predicted molar refractivity (Wildman–Crippen MR) is 52.1 cm³/mol. The lowest BCUT2D eigenvalue weighted by molar-refractivity contribution is 0.0940. The lowest BCUT2D eigenvalue weighted by Crippen LogP contribution is -2.37. The number of thiol groups is 1. The van der Waals surface area contributed by atoms with Crippen LogP contribution < -0.4 is 5.32 Å². The number of aliphatic hydroxyl groups excluding tert-OH is 2. The van der Waals surface area contributed by atoms with Crippen molar-refractivity contribution in [1.29, 1.82) is 0 Å². The molecule has 5 heteroatoms. The number of aliphatic hydroxyl groups is 2. The zero-order valence-electron chi connectivity index (χ0n) is 6.32. The molecule has 0 bridgehead atoms. The van der Waals surface area contributed by atoms with Crippen LogP contribution in [0.4, 0.5) is 0 Å². The van der Waals surface area contributed by atoms with Crippen LogP contribution in [-0.2, 0) is 0 Å². The van der Waals surface area contributed by atoms with Crippen molar-refractivity contribution in [2.45, 2.75) is 19.1 Å². The van der Waals surface area contributed by atoms with Crippen molar-refractivity contribution in [3.63, 3.8) is 0 Å². The van der Waals surface area contributed by atoms with Crippen molar-refractivity contribution in [3.8, 4) is 0 Å². The van der Waals surface area contributed by atoms with Gasteiger partial charge in [0.05, 0.1) is 16.9 Å². The second-order valence-electron chi connectivity index (χ2n) is 2.30. The summed E-state index contributed by atoms with van der Waals surface area (Å²) < 4.78 is 0.551. The minimum Gasteiger partial charge on any atom is -0.394 e. The van der Waals surface area contributed by atoms with E-state index in [2.05, 4.69) is 17.9 Å². The molecule has 0 aliphatic carbocycles. The van der Waals surface area contributed by atoms with Crippen LogP contribution in [0.25, 0.3) is 0 Å². The third kappa shape index (κ3) is 5.57. The van der Waals surface area contributed by atoms with Gasteiger partial charge in [0.15, 0.2) is 0 Å². The summed E-state index contributed by atoms with van der Waals surface area (Å²) in [6, 6.07) is -0.0190. The maximum atomic E-state index is 8.91. The Morgan fingerprint density at radius 3 is 2.64 bits per heavy atom. The van der Waals surface area contributed by atoms with Crippen LogP contribution in [0.5, 0.6) is 0 Å². The van der Waals surface area contributed by atoms with Gasteiger partial charge in [0.2, 0.25) is 0 Å².